The molecule has 0 unspecified atom stereocenters. The third kappa shape index (κ3) is 6.51. The second-order valence-electron chi connectivity index (χ2n) is 9.06. The van der Waals surface area contributed by atoms with Gasteiger partial charge in [-0.3, -0.25) is 14.5 Å². The first-order chi connectivity index (χ1) is 16.5. The van der Waals surface area contributed by atoms with E-state index in [0.29, 0.717) is 40.3 Å². The standard InChI is InChI=1S/C25H33Cl2N5O3/c1-14-9-20(28)15(2)16(3)25(14)35-13-24(34)31(4)17-5-7-32(8-6-17)12-23(33)30-22-11-18(26)21(29)10-19(22)27/h9-11,17H,5-8,12-13,28-29H2,1-4H3,(H,30,33). The fourth-order valence-corrected chi connectivity index (χ4v) is 4.65. The average molecular weight is 522 g/mol. The van der Waals surface area contributed by atoms with Gasteiger partial charge in [-0.25, -0.2) is 0 Å². The Morgan fingerprint density at radius 1 is 1.06 bits per heavy atom. The lowest BCUT2D eigenvalue weighted by Gasteiger charge is -2.36. The number of nitrogens with two attached hydrogens (primary N) is 2. The van der Waals surface area contributed by atoms with E-state index in [-0.39, 0.29) is 31.0 Å². The number of hydrogen-bond donors (Lipinski definition) is 3. The normalized spacial score (nSPS) is 14.6. The third-order valence-corrected chi connectivity index (χ3v) is 7.27. The highest BCUT2D eigenvalue weighted by molar-refractivity contribution is 6.37. The molecule has 2 aromatic rings. The number of ether oxygens (including phenoxy) is 1. The van der Waals surface area contributed by atoms with E-state index in [1.165, 1.54) is 6.07 Å². The molecule has 0 spiro atoms. The minimum absolute atomic E-state index is 0.0327. The monoisotopic (exact) mass is 521 g/mol. The van der Waals surface area contributed by atoms with Crippen LogP contribution in [-0.2, 0) is 9.59 Å². The van der Waals surface area contributed by atoms with Gasteiger partial charge in [0.15, 0.2) is 6.61 Å². The molecule has 3 rings (SSSR count). The number of likely N-dealkylation sites (tertiary alicyclic amines) is 1. The highest BCUT2D eigenvalue weighted by atomic mass is 35.5. The Labute approximate surface area is 216 Å². The second-order valence-corrected chi connectivity index (χ2v) is 9.88. The Morgan fingerprint density at radius 2 is 1.71 bits per heavy atom. The molecule has 2 aromatic carbocycles. The van der Waals surface area contributed by atoms with Gasteiger partial charge in [0.25, 0.3) is 5.91 Å². The van der Waals surface area contributed by atoms with Gasteiger partial charge in [0, 0.05) is 31.9 Å². The molecule has 1 saturated heterocycles. The summed E-state index contributed by atoms with van der Waals surface area (Å²) in [6.07, 6.45) is 1.53. The van der Waals surface area contributed by atoms with Gasteiger partial charge in [0.1, 0.15) is 5.75 Å². The molecule has 0 atom stereocenters. The molecule has 0 saturated carbocycles. The zero-order chi connectivity index (χ0) is 25.9. The first-order valence-corrected chi connectivity index (χ1v) is 12.2. The maximum absolute atomic E-state index is 12.8. The topological polar surface area (TPSA) is 114 Å². The number of carbonyl (C=O) groups excluding carboxylic acids is 2. The molecule has 1 fully saturated rings. The number of carbonyl (C=O) groups is 2. The van der Waals surface area contributed by atoms with E-state index in [4.69, 9.17) is 39.4 Å². The van der Waals surface area contributed by atoms with E-state index in [9.17, 15) is 9.59 Å². The number of nitrogen functional groups attached to an aromatic ring is 2. The number of benzene rings is 2. The smallest absolute Gasteiger partial charge is 0.260 e. The Morgan fingerprint density at radius 3 is 2.37 bits per heavy atom. The molecule has 0 bridgehead atoms. The van der Waals surface area contributed by atoms with Crippen LogP contribution in [0.5, 0.6) is 5.75 Å². The SMILES string of the molecule is Cc1cc(N)c(C)c(C)c1OCC(=O)N(C)C1CCN(CC(=O)Nc2cc(Cl)c(N)cc2Cl)CC1. The number of aryl methyl sites for hydroxylation is 1. The number of rotatable bonds is 7. The minimum atomic E-state index is -0.187. The second kappa shape index (κ2) is 11.4. The van der Waals surface area contributed by atoms with Crippen molar-refractivity contribution in [1.82, 2.24) is 9.80 Å². The fraction of sp³-hybridized carbons (Fsp3) is 0.440. The molecule has 0 aliphatic carbocycles. The van der Waals surface area contributed by atoms with Gasteiger partial charge >= 0.3 is 0 Å². The third-order valence-electron chi connectivity index (χ3n) is 6.63. The first kappa shape index (κ1) is 26.9. The van der Waals surface area contributed by atoms with Gasteiger partial charge in [-0.15, -0.1) is 0 Å². The molecule has 190 valence electrons. The number of amides is 2. The summed E-state index contributed by atoms with van der Waals surface area (Å²) < 4.78 is 5.89. The van der Waals surface area contributed by atoms with Crippen LogP contribution in [-0.4, -0.2) is 60.9 Å². The van der Waals surface area contributed by atoms with Crippen molar-refractivity contribution in [2.45, 2.75) is 39.7 Å². The molecule has 5 N–H and O–H groups in total. The van der Waals surface area contributed by atoms with E-state index in [1.54, 1.807) is 18.0 Å². The summed E-state index contributed by atoms with van der Waals surface area (Å²) in [5, 5.41) is 3.45. The van der Waals surface area contributed by atoms with Gasteiger partial charge in [-0.05, 0) is 68.5 Å². The lowest BCUT2D eigenvalue weighted by molar-refractivity contribution is -0.135. The molecule has 35 heavy (non-hydrogen) atoms. The summed E-state index contributed by atoms with van der Waals surface area (Å²) in [5.74, 6) is 0.444. The maximum Gasteiger partial charge on any atom is 0.260 e. The Hall–Kier alpha value is -2.68. The molecule has 0 radical (unpaired) electrons. The van der Waals surface area contributed by atoms with Crippen LogP contribution in [0.2, 0.25) is 10.0 Å². The molecule has 8 nitrogen and oxygen atoms in total. The van der Waals surface area contributed by atoms with Gasteiger partial charge in [0.05, 0.1) is 28.0 Å². The van der Waals surface area contributed by atoms with Crippen molar-refractivity contribution in [3.05, 3.63) is 44.9 Å². The first-order valence-electron chi connectivity index (χ1n) is 11.5. The maximum atomic E-state index is 12.8. The molecule has 1 aliphatic rings. The Bertz CT molecular complexity index is 1120. The number of nitrogens with one attached hydrogen (secondary N) is 1. The van der Waals surface area contributed by atoms with Crippen molar-refractivity contribution in [2.75, 3.05) is 50.1 Å². The summed E-state index contributed by atoms with van der Waals surface area (Å²) >= 11 is 12.2. The Kier molecular flexibility index (Phi) is 8.74. The lowest BCUT2D eigenvalue weighted by atomic mass is 10.0. The molecular weight excluding hydrogens is 489 g/mol. The van der Waals surface area contributed by atoms with Gasteiger partial charge in [-0.1, -0.05) is 23.2 Å². The largest absolute Gasteiger partial charge is 0.483 e. The minimum Gasteiger partial charge on any atom is -0.483 e. The summed E-state index contributed by atoms with van der Waals surface area (Å²) in [6, 6.07) is 5.01. The van der Waals surface area contributed by atoms with Crippen LogP contribution < -0.4 is 21.5 Å². The zero-order valence-corrected chi connectivity index (χ0v) is 22.1. The highest BCUT2D eigenvalue weighted by Crippen LogP contribution is 2.31. The van der Waals surface area contributed by atoms with Crippen LogP contribution in [0.15, 0.2) is 18.2 Å². The van der Waals surface area contributed by atoms with E-state index >= 15 is 0 Å². The number of hydrogen-bond acceptors (Lipinski definition) is 6. The van der Waals surface area contributed by atoms with Crippen LogP contribution in [0.25, 0.3) is 0 Å². The van der Waals surface area contributed by atoms with Crippen molar-refractivity contribution < 1.29 is 14.3 Å². The van der Waals surface area contributed by atoms with Gasteiger partial charge < -0.3 is 26.4 Å². The summed E-state index contributed by atoms with van der Waals surface area (Å²) in [7, 11) is 1.81. The quantitative estimate of drug-likeness (QED) is 0.474. The number of nitrogens with zero attached hydrogens (tertiary/aromatic N) is 2. The van der Waals surface area contributed by atoms with Crippen LogP contribution >= 0.6 is 23.2 Å². The fourth-order valence-electron chi connectivity index (χ4n) is 4.27. The average Bonchev–Trinajstić information content (AvgIpc) is 2.81. The van der Waals surface area contributed by atoms with E-state index in [1.807, 2.05) is 26.8 Å². The van der Waals surface area contributed by atoms with Crippen molar-refractivity contribution in [3.63, 3.8) is 0 Å². The van der Waals surface area contributed by atoms with Crippen molar-refractivity contribution in [2.24, 2.45) is 0 Å². The molecular formula is C25H33Cl2N5O3. The molecule has 1 aliphatic heterocycles. The summed E-state index contributed by atoms with van der Waals surface area (Å²) in [5.41, 5.74) is 16.1. The molecule has 2 amide bonds. The van der Waals surface area contributed by atoms with E-state index in [2.05, 4.69) is 10.2 Å². The van der Waals surface area contributed by atoms with Gasteiger partial charge in [0.2, 0.25) is 5.91 Å². The molecule has 1 heterocycles. The highest BCUT2D eigenvalue weighted by Gasteiger charge is 2.27. The van der Waals surface area contributed by atoms with Gasteiger partial charge in [-0.2, -0.15) is 0 Å². The van der Waals surface area contributed by atoms with Crippen molar-refractivity contribution >= 4 is 52.1 Å². The number of anilines is 3. The van der Waals surface area contributed by atoms with E-state index < -0.39 is 0 Å². The van der Waals surface area contributed by atoms with Crippen LogP contribution in [0.3, 0.4) is 0 Å². The predicted octanol–water partition coefficient (Wildman–Crippen LogP) is 4.02. The number of halogens is 2. The van der Waals surface area contributed by atoms with E-state index in [0.717, 1.165) is 35.2 Å². The number of likely N-dealkylation sites (N-methyl/N-ethyl adjacent to an activating group) is 1. The van der Waals surface area contributed by atoms with Crippen LogP contribution in [0, 0.1) is 20.8 Å². The van der Waals surface area contributed by atoms with Crippen LogP contribution in [0.4, 0.5) is 17.1 Å². The molecule has 10 heteroatoms. The zero-order valence-electron chi connectivity index (χ0n) is 20.6. The Balaban J connectivity index is 1.48. The van der Waals surface area contributed by atoms with Crippen LogP contribution in [0.1, 0.15) is 29.5 Å². The number of piperidine rings is 1. The summed E-state index contributed by atoms with van der Waals surface area (Å²) in [4.78, 5) is 29.1. The molecule has 0 aromatic heterocycles. The lowest BCUT2D eigenvalue weighted by Crippen LogP contribution is -2.48. The predicted molar refractivity (Wildman–Crippen MR) is 142 cm³/mol. The summed E-state index contributed by atoms with van der Waals surface area (Å²) in [6.45, 7) is 7.40. The van der Waals surface area contributed by atoms with Crippen molar-refractivity contribution in [3.8, 4) is 5.75 Å². The van der Waals surface area contributed by atoms with Crippen molar-refractivity contribution in [1.29, 1.82) is 0 Å².